The number of allylic oxidation sites excluding steroid dienone is 20. The van der Waals surface area contributed by atoms with Crippen LogP contribution < -0.4 is 0 Å². The van der Waals surface area contributed by atoms with Crippen LogP contribution in [0.2, 0.25) is 0 Å². The molecule has 76 heavy (non-hydrogen) atoms. The summed E-state index contributed by atoms with van der Waals surface area (Å²) >= 11 is 0. The molecule has 2 N–H and O–H groups in total. The van der Waals surface area contributed by atoms with E-state index in [-0.39, 0.29) is 25.9 Å². The lowest BCUT2D eigenvalue weighted by Gasteiger charge is -2.21. The fraction of sp³-hybridized carbons (Fsp3) is 0.641. The molecule has 3 atom stereocenters. The molecule has 432 valence electrons. The van der Waals surface area contributed by atoms with E-state index in [1.54, 1.807) is 0 Å². The summed E-state index contributed by atoms with van der Waals surface area (Å²) < 4.78 is 39.5. The highest BCUT2D eigenvalue weighted by molar-refractivity contribution is 7.47. The van der Waals surface area contributed by atoms with Crippen molar-refractivity contribution >= 4 is 25.7 Å². The summed E-state index contributed by atoms with van der Waals surface area (Å²) in [5.41, 5.74) is 0. The Morgan fingerprint density at radius 3 is 1.00 bits per heavy atom. The van der Waals surface area contributed by atoms with Gasteiger partial charge in [-0.05, 0) is 122 Å². The lowest BCUT2D eigenvalue weighted by molar-refractivity contribution is -0.161. The maximum absolute atomic E-state index is 12.9. The number of aliphatic hydroxyl groups is 1. The fourth-order valence-electron chi connectivity index (χ4n) is 7.49. The highest BCUT2D eigenvalue weighted by Crippen LogP contribution is 2.43. The molecule has 0 aromatic rings. The zero-order valence-corrected chi connectivity index (χ0v) is 48.6. The van der Waals surface area contributed by atoms with E-state index in [1.165, 1.54) is 0 Å². The van der Waals surface area contributed by atoms with Gasteiger partial charge in [0.1, 0.15) is 12.7 Å². The van der Waals surface area contributed by atoms with Crippen molar-refractivity contribution in [2.24, 2.45) is 0 Å². The molecule has 3 unspecified atom stereocenters. The van der Waals surface area contributed by atoms with E-state index in [0.717, 1.165) is 167 Å². The van der Waals surface area contributed by atoms with E-state index < -0.39 is 57.8 Å². The number of aliphatic hydroxyl groups excluding tert-OH is 1. The Morgan fingerprint density at radius 2 is 0.645 bits per heavy atom. The third kappa shape index (κ3) is 54.7. The SMILES string of the molecule is CC/C=C\C/C=C\C/C=C\C/C=C\CCCCCCCCC(=O)OCC(COP(=O)(O)OCC(CO)OC(=O)CCCCC/C=C\C/C=C\C/C=C\CC)OC(=O)CCCCCCCCC/C=C\C/C=C\C/C=C\CC. The van der Waals surface area contributed by atoms with Gasteiger partial charge in [-0.15, -0.1) is 0 Å². The number of ether oxygens (including phenoxy) is 3. The topological polar surface area (TPSA) is 155 Å². The minimum absolute atomic E-state index is 0.135. The predicted molar refractivity (Wildman–Crippen MR) is 316 cm³/mol. The molecule has 0 aromatic heterocycles. The molecule has 0 fully saturated rings. The molecule has 12 heteroatoms. The highest BCUT2D eigenvalue weighted by Gasteiger charge is 2.28. The summed E-state index contributed by atoms with van der Waals surface area (Å²) in [7, 11) is -4.77. The van der Waals surface area contributed by atoms with Crippen LogP contribution >= 0.6 is 7.82 Å². The smallest absolute Gasteiger partial charge is 0.462 e. The first-order valence-corrected chi connectivity index (χ1v) is 30.9. The zero-order valence-electron chi connectivity index (χ0n) is 47.7. The second-order valence-corrected chi connectivity index (χ2v) is 20.5. The molecule has 0 heterocycles. The molecule has 0 saturated heterocycles. The maximum Gasteiger partial charge on any atom is 0.472 e. The number of phosphoric ester groups is 1. The van der Waals surface area contributed by atoms with Gasteiger partial charge in [0.25, 0.3) is 0 Å². The maximum atomic E-state index is 12.9. The van der Waals surface area contributed by atoms with Gasteiger partial charge in [0.2, 0.25) is 0 Å². The Kier molecular flexibility index (Phi) is 54.0. The Balaban J connectivity index is 4.80. The summed E-state index contributed by atoms with van der Waals surface area (Å²) in [5, 5.41) is 9.81. The van der Waals surface area contributed by atoms with Gasteiger partial charge in [-0.1, -0.05) is 206 Å². The molecule has 11 nitrogen and oxygen atoms in total. The Labute approximate surface area is 462 Å². The third-order valence-electron chi connectivity index (χ3n) is 11.9. The van der Waals surface area contributed by atoms with Crippen LogP contribution in [0.3, 0.4) is 0 Å². The van der Waals surface area contributed by atoms with E-state index in [9.17, 15) is 28.9 Å². The molecule has 0 radical (unpaired) electrons. The molecule has 0 aromatic carbocycles. The summed E-state index contributed by atoms with van der Waals surface area (Å²) in [6.07, 6.45) is 70.1. The number of carbonyl (C=O) groups excluding carboxylic acids is 3. The van der Waals surface area contributed by atoms with Gasteiger partial charge in [-0.3, -0.25) is 23.4 Å². The van der Waals surface area contributed by atoms with Crippen LogP contribution in [0.4, 0.5) is 0 Å². The second kappa shape index (κ2) is 57.1. The van der Waals surface area contributed by atoms with E-state index in [1.807, 2.05) is 0 Å². The number of esters is 3. The van der Waals surface area contributed by atoms with E-state index in [2.05, 4.69) is 142 Å². The van der Waals surface area contributed by atoms with Crippen LogP contribution in [0.15, 0.2) is 122 Å². The average molecular weight is 1080 g/mol. The Morgan fingerprint density at radius 1 is 0.368 bits per heavy atom. The minimum atomic E-state index is -4.77. The molecule has 0 amide bonds. The fourth-order valence-corrected chi connectivity index (χ4v) is 8.28. The van der Waals surface area contributed by atoms with Crippen molar-refractivity contribution in [1.82, 2.24) is 0 Å². The molecule has 0 bridgehead atoms. The number of hydrogen-bond donors (Lipinski definition) is 2. The lowest BCUT2D eigenvalue weighted by Crippen LogP contribution is -2.30. The van der Waals surface area contributed by atoms with Gasteiger partial charge in [0.05, 0.1) is 19.8 Å². The first kappa shape index (κ1) is 71.9. The summed E-state index contributed by atoms with van der Waals surface area (Å²) in [6.45, 7) is 4.24. The quantitative estimate of drug-likeness (QED) is 0.0197. The van der Waals surface area contributed by atoms with E-state index in [0.29, 0.717) is 19.3 Å². The highest BCUT2D eigenvalue weighted by atomic mass is 31.2. The van der Waals surface area contributed by atoms with Crippen molar-refractivity contribution in [3.63, 3.8) is 0 Å². The summed E-state index contributed by atoms with van der Waals surface area (Å²) in [6, 6.07) is 0. The Hall–Kier alpha value is -4.12. The van der Waals surface area contributed by atoms with Crippen LogP contribution in [0.1, 0.15) is 226 Å². The first-order valence-electron chi connectivity index (χ1n) is 29.4. The van der Waals surface area contributed by atoms with Crippen LogP contribution in [0.25, 0.3) is 0 Å². The van der Waals surface area contributed by atoms with Crippen LogP contribution in [-0.4, -0.2) is 66.5 Å². The normalized spacial score (nSPS) is 14.2. The second-order valence-electron chi connectivity index (χ2n) is 19.0. The van der Waals surface area contributed by atoms with Gasteiger partial charge in [0, 0.05) is 19.3 Å². The van der Waals surface area contributed by atoms with Gasteiger partial charge in [0.15, 0.2) is 6.10 Å². The van der Waals surface area contributed by atoms with Gasteiger partial charge in [-0.25, -0.2) is 4.57 Å². The van der Waals surface area contributed by atoms with Crippen molar-refractivity contribution in [2.45, 2.75) is 238 Å². The molecule has 0 saturated carbocycles. The number of carbonyl (C=O) groups is 3. The number of unbranched alkanes of at least 4 members (excludes halogenated alkanes) is 16. The molecule has 0 aliphatic heterocycles. The molecular weight excluding hydrogens is 976 g/mol. The van der Waals surface area contributed by atoms with Crippen molar-refractivity contribution in [2.75, 3.05) is 26.4 Å². The van der Waals surface area contributed by atoms with Gasteiger partial charge >= 0.3 is 25.7 Å². The van der Waals surface area contributed by atoms with Crippen molar-refractivity contribution in [3.05, 3.63) is 122 Å². The summed E-state index contributed by atoms with van der Waals surface area (Å²) in [4.78, 5) is 48.6. The average Bonchev–Trinajstić information content (AvgIpc) is 3.41. The number of rotatable bonds is 53. The predicted octanol–water partition coefficient (Wildman–Crippen LogP) is 17.6. The van der Waals surface area contributed by atoms with Gasteiger partial charge in [-0.2, -0.15) is 0 Å². The number of hydrogen-bond acceptors (Lipinski definition) is 10. The van der Waals surface area contributed by atoms with Crippen LogP contribution in [0, 0.1) is 0 Å². The Bertz CT molecular complexity index is 1740. The monoisotopic (exact) mass is 1080 g/mol. The van der Waals surface area contributed by atoms with Crippen molar-refractivity contribution < 1.29 is 52.2 Å². The standard InChI is InChI=1S/C64H105O11P/c1-4-7-10-13-16-19-22-25-27-29-30-32-33-36-38-41-44-47-50-53-62(66)71-57-61(75-64(68)55-52-49-46-43-40-37-34-31-28-26-23-20-17-14-11-8-5-2)59-73-76(69,70)72-58-60(56-65)74-63(67)54-51-48-45-42-39-35-24-21-18-15-12-9-6-3/h7-12,16-21,25-28,30,32,35,39,60-61,65H,4-6,13-15,22-24,29,31,33-34,36-38,40-59H2,1-3H3,(H,69,70)/b10-7-,11-8-,12-9-,19-16-,20-17-,21-18-,27-25-,28-26-,32-30-,39-35-. The third-order valence-corrected chi connectivity index (χ3v) is 12.8. The largest absolute Gasteiger partial charge is 0.472 e. The molecule has 0 aliphatic carbocycles. The van der Waals surface area contributed by atoms with Gasteiger partial charge < -0.3 is 24.2 Å². The summed E-state index contributed by atoms with van der Waals surface area (Å²) in [5.74, 6) is -1.53. The molecule has 0 rings (SSSR count). The molecular formula is C64H105O11P. The van der Waals surface area contributed by atoms with Crippen molar-refractivity contribution in [3.8, 4) is 0 Å². The van der Waals surface area contributed by atoms with E-state index >= 15 is 0 Å². The number of phosphoric acid groups is 1. The molecule has 0 aliphatic rings. The zero-order chi connectivity index (χ0) is 55.5. The first-order chi connectivity index (χ1) is 37.2. The van der Waals surface area contributed by atoms with Crippen LogP contribution in [0.5, 0.6) is 0 Å². The molecule has 0 spiro atoms. The van der Waals surface area contributed by atoms with Crippen LogP contribution in [-0.2, 0) is 42.2 Å². The van der Waals surface area contributed by atoms with E-state index in [4.69, 9.17) is 23.3 Å². The lowest BCUT2D eigenvalue weighted by atomic mass is 10.1. The van der Waals surface area contributed by atoms with Crippen molar-refractivity contribution in [1.29, 1.82) is 0 Å². The minimum Gasteiger partial charge on any atom is -0.462 e.